The Morgan fingerprint density at radius 3 is 2.50 bits per heavy atom. The van der Waals surface area contributed by atoms with Crippen molar-refractivity contribution in [3.63, 3.8) is 0 Å². The van der Waals surface area contributed by atoms with Crippen LogP contribution in [0.4, 0.5) is 0 Å². The van der Waals surface area contributed by atoms with Crippen molar-refractivity contribution in [2.45, 2.75) is 30.6 Å². The van der Waals surface area contributed by atoms with Crippen LogP contribution < -0.4 is 11.1 Å². The molecule has 0 aromatic carbocycles. The van der Waals surface area contributed by atoms with Crippen LogP contribution in [0.3, 0.4) is 0 Å². The van der Waals surface area contributed by atoms with Crippen molar-refractivity contribution in [3.05, 3.63) is 0 Å². The van der Waals surface area contributed by atoms with Crippen LogP contribution in [-0.4, -0.2) is 76.7 Å². The van der Waals surface area contributed by atoms with Crippen molar-refractivity contribution < 1.29 is 34.4 Å². The van der Waals surface area contributed by atoms with Crippen LogP contribution in [0.25, 0.3) is 0 Å². The smallest absolute Gasteiger partial charge is 0.243 e. The molecule has 116 valence electrons. The van der Waals surface area contributed by atoms with E-state index in [2.05, 4.69) is 17.9 Å². The van der Waals surface area contributed by atoms with Gasteiger partial charge in [-0.3, -0.25) is 9.59 Å². The third-order valence-electron chi connectivity index (χ3n) is 2.74. The average Bonchev–Trinajstić information content (AvgIpc) is 2.42. The van der Waals surface area contributed by atoms with Gasteiger partial charge in [-0.1, -0.05) is 0 Å². The van der Waals surface area contributed by atoms with E-state index in [0.29, 0.717) is 0 Å². The van der Waals surface area contributed by atoms with Crippen LogP contribution in [0.2, 0.25) is 0 Å². The van der Waals surface area contributed by atoms with Gasteiger partial charge < -0.3 is 35.8 Å². The number of nitrogens with two attached hydrogens (primary N) is 1. The summed E-state index contributed by atoms with van der Waals surface area (Å²) in [4.78, 5) is 22.0. The maximum atomic E-state index is 11.3. The van der Waals surface area contributed by atoms with E-state index in [4.69, 9.17) is 20.3 Å². The number of aliphatic hydroxyl groups is 3. The molecule has 1 fully saturated rings. The Morgan fingerprint density at radius 1 is 1.35 bits per heavy atom. The van der Waals surface area contributed by atoms with Crippen molar-refractivity contribution in [2.24, 2.45) is 5.73 Å². The Morgan fingerprint density at radius 2 is 2.00 bits per heavy atom. The highest BCUT2D eigenvalue weighted by Crippen LogP contribution is 2.22. The highest BCUT2D eigenvalue weighted by molar-refractivity contribution is 7.81. The molecule has 10 heteroatoms. The monoisotopic (exact) mass is 310 g/mol. The number of hydrogen-bond acceptors (Lipinski definition) is 8. The first-order valence-electron chi connectivity index (χ1n) is 5.83. The molecule has 2 amide bonds. The first-order chi connectivity index (χ1) is 9.40. The summed E-state index contributed by atoms with van der Waals surface area (Å²) in [6.45, 7) is -1.07. The summed E-state index contributed by atoms with van der Waals surface area (Å²) >= 11 is 3.77. The van der Waals surface area contributed by atoms with Crippen LogP contribution in [0.1, 0.15) is 0 Å². The quantitative estimate of drug-likeness (QED) is 0.277. The van der Waals surface area contributed by atoms with Gasteiger partial charge in [0.25, 0.3) is 0 Å². The standard InChI is InChI=1S/C10H18N2O7S/c11-5(14)2-18-10-7(12-6(15)3-20)9(17)8(16)4(1-13)19-10/h4,7-10,13,16-17,20H,1-3H2,(H2,11,14)(H,12,15). The molecule has 9 nitrogen and oxygen atoms in total. The highest BCUT2D eigenvalue weighted by atomic mass is 32.1. The summed E-state index contributed by atoms with van der Waals surface area (Å²) in [5.74, 6) is -1.44. The van der Waals surface area contributed by atoms with Gasteiger partial charge in [0.15, 0.2) is 6.29 Å². The Balaban J connectivity index is 2.81. The van der Waals surface area contributed by atoms with Gasteiger partial charge in [-0.25, -0.2) is 0 Å². The lowest BCUT2D eigenvalue weighted by molar-refractivity contribution is -0.268. The molecule has 0 radical (unpaired) electrons. The summed E-state index contributed by atoms with van der Waals surface area (Å²) in [7, 11) is 0. The van der Waals surface area contributed by atoms with Gasteiger partial charge >= 0.3 is 0 Å². The van der Waals surface area contributed by atoms with Gasteiger partial charge in [-0.15, -0.1) is 0 Å². The van der Waals surface area contributed by atoms with Gasteiger partial charge in [0.1, 0.15) is 31.0 Å². The fourth-order valence-electron chi connectivity index (χ4n) is 1.77. The number of hydrogen-bond donors (Lipinski definition) is 6. The first kappa shape index (κ1) is 17.1. The van der Waals surface area contributed by atoms with Gasteiger partial charge in [0, 0.05) is 0 Å². The second-order valence-corrected chi connectivity index (χ2v) is 4.55. The Hall–Kier alpha value is -0.910. The molecule has 0 aromatic heterocycles. The fourth-order valence-corrected chi connectivity index (χ4v) is 1.87. The molecule has 5 unspecified atom stereocenters. The van der Waals surface area contributed by atoms with E-state index in [1.54, 1.807) is 0 Å². The van der Waals surface area contributed by atoms with E-state index < -0.39 is 55.7 Å². The van der Waals surface area contributed by atoms with E-state index in [1.165, 1.54) is 0 Å². The largest absolute Gasteiger partial charge is 0.394 e. The zero-order valence-corrected chi connectivity index (χ0v) is 11.4. The number of primary amides is 1. The molecule has 1 heterocycles. The SMILES string of the molecule is NC(=O)COC1OC(CO)C(O)C(O)C1NC(=O)CS. The lowest BCUT2D eigenvalue weighted by Gasteiger charge is -2.42. The molecule has 20 heavy (non-hydrogen) atoms. The normalized spacial score (nSPS) is 33.7. The van der Waals surface area contributed by atoms with E-state index in [-0.39, 0.29) is 5.75 Å². The number of carbonyl (C=O) groups excluding carboxylic acids is 2. The van der Waals surface area contributed by atoms with Gasteiger partial charge in [-0.2, -0.15) is 12.6 Å². The predicted octanol–water partition coefficient (Wildman–Crippen LogP) is -3.66. The molecular formula is C10H18N2O7S. The van der Waals surface area contributed by atoms with Crippen LogP contribution in [0.15, 0.2) is 0 Å². The van der Waals surface area contributed by atoms with Crippen molar-refractivity contribution in [2.75, 3.05) is 19.0 Å². The average molecular weight is 310 g/mol. The number of ether oxygens (including phenoxy) is 2. The molecule has 0 spiro atoms. The van der Waals surface area contributed by atoms with Crippen molar-refractivity contribution in [1.82, 2.24) is 5.32 Å². The fraction of sp³-hybridized carbons (Fsp3) is 0.800. The van der Waals surface area contributed by atoms with E-state index in [1.807, 2.05) is 0 Å². The number of amides is 2. The second kappa shape index (κ2) is 7.76. The third kappa shape index (κ3) is 4.30. The maximum Gasteiger partial charge on any atom is 0.243 e. The predicted molar refractivity (Wildman–Crippen MR) is 68.7 cm³/mol. The van der Waals surface area contributed by atoms with Crippen LogP contribution in [0.5, 0.6) is 0 Å². The van der Waals surface area contributed by atoms with Crippen molar-refractivity contribution in [3.8, 4) is 0 Å². The zero-order chi connectivity index (χ0) is 15.3. The lowest BCUT2D eigenvalue weighted by Crippen LogP contribution is -2.65. The van der Waals surface area contributed by atoms with Gasteiger partial charge in [-0.05, 0) is 0 Å². The van der Waals surface area contributed by atoms with Crippen LogP contribution in [0, 0.1) is 0 Å². The van der Waals surface area contributed by atoms with Crippen molar-refractivity contribution >= 4 is 24.4 Å². The second-order valence-electron chi connectivity index (χ2n) is 4.24. The lowest BCUT2D eigenvalue weighted by atomic mass is 9.97. The Kier molecular flexibility index (Phi) is 6.65. The zero-order valence-electron chi connectivity index (χ0n) is 10.5. The minimum Gasteiger partial charge on any atom is -0.394 e. The molecular weight excluding hydrogens is 292 g/mol. The molecule has 1 aliphatic rings. The van der Waals surface area contributed by atoms with E-state index in [0.717, 1.165) is 0 Å². The van der Waals surface area contributed by atoms with Crippen LogP contribution in [-0.2, 0) is 19.1 Å². The number of rotatable bonds is 6. The van der Waals surface area contributed by atoms with E-state index >= 15 is 0 Å². The van der Waals surface area contributed by atoms with E-state index in [9.17, 15) is 19.8 Å². The Labute approximate surface area is 120 Å². The number of thiol groups is 1. The summed E-state index contributed by atoms with van der Waals surface area (Å²) in [5.41, 5.74) is 4.93. The molecule has 6 N–H and O–H groups in total. The first-order valence-corrected chi connectivity index (χ1v) is 6.46. The molecule has 5 atom stereocenters. The third-order valence-corrected chi connectivity index (χ3v) is 3.03. The molecule has 0 aromatic rings. The summed E-state index contributed by atoms with van der Waals surface area (Å²) in [6.07, 6.45) is -5.20. The maximum absolute atomic E-state index is 11.3. The molecule has 1 rings (SSSR count). The van der Waals surface area contributed by atoms with Crippen molar-refractivity contribution in [1.29, 1.82) is 0 Å². The summed E-state index contributed by atoms with van der Waals surface area (Å²) < 4.78 is 10.2. The number of aliphatic hydroxyl groups excluding tert-OH is 3. The molecule has 0 aliphatic carbocycles. The summed E-state index contributed by atoms with van der Waals surface area (Å²) in [5, 5.41) is 31.1. The van der Waals surface area contributed by atoms with Crippen LogP contribution >= 0.6 is 12.6 Å². The summed E-state index contributed by atoms with van der Waals surface area (Å²) in [6, 6.07) is -1.12. The molecule has 0 saturated carbocycles. The topological polar surface area (TPSA) is 151 Å². The van der Waals surface area contributed by atoms with Gasteiger partial charge in [0.2, 0.25) is 11.8 Å². The number of carbonyl (C=O) groups is 2. The Bertz CT molecular complexity index is 356. The minimum absolute atomic E-state index is 0.148. The van der Waals surface area contributed by atoms with Gasteiger partial charge in [0.05, 0.1) is 12.4 Å². The molecule has 1 aliphatic heterocycles. The molecule has 0 bridgehead atoms. The minimum atomic E-state index is -1.44. The number of nitrogens with one attached hydrogen (secondary N) is 1. The highest BCUT2D eigenvalue weighted by Gasteiger charge is 2.45. The molecule has 1 saturated heterocycles.